The number of nitrogens with one attached hydrogen (secondary N) is 1. The molecule has 1 heterocycles. The third-order valence-corrected chi connectivity index (χ3v) is 6.55. The van der Waals surface area contributed by atoms with E-state index >= 15 is 0 Å². The summed E-state index contributed by atoms with van der Waals surface area (Å²) in [6.45, 7) is 1.82. The van der Waals surface area contributed by atoms with Gasteiger partial charge in [-0.15, -0.1) is 0 Å². The van der Waals surface area contributed by atoms with Crippen LogP contribution in [-0.2, 0) is 9.59 Å². The van der Waals surface area contributed by atoms with E-state index in [2.05, 4.69) is 53.1 Å². The predicted octanol–water partition coefficient (Wildman–Crippen LogP) is 6.17. The van der Waals surface area contributed by atoms with E-state index in [9.17, 15) is 19.2 Å². The summed E-state index contributed by atoms with van der Waals surface area (Å²) in [6.07, 6.45) is 1.28. The summed E-state index contributed by atoms with van der Waals surface area (Å²) in [4.78, 5) is 52.0. The molecular weight excluding hydrogens is 648 g/mol. The smallest absolute Gasteiger partial charge is 0.343 e. The zero-order chi connectivity index (χ0) is 25.3. The monoisotopic (exact) mass is 660 g/mol. The quantitative estimate of drug-likeness (QED) is 0.156. The lowest BCUT2D eigenvalue weighted by atomic mass is 10.1. The molecule has 0 aliphatic carbocycles. The fraction of sp³-hybridized carbons (Fsp3) is 0.0400. The molecule has 0 spiro atoms. The van der Waals surface area contributed by atoms with Gasteiger partial charge in [0, 0.05) is 14.5 Å². The van der Waals surface area contributed by atoms with E-state index in [4.69, 9.17) is 4.74 Å². The number of halogens is 3. The van der Waals surface area contributed by atoms with Crippen LogP contribution in [0.2, 0.25) is 0 Å². The topological polar surface area (TPSA) is 92.8 Å². The number of anilines is 1. The van der Waals surface area contributed by atoms with Crippen molar-refractivity contribution in [3.63, 3.8) is 0 Å². The van der Waals surface area contributed by atoms with E-state index in [0.717, 1.165) is 14.9 Å². The van der Waals surface area contributed by atoms with E-state index in [1.165, 1.54) is 6.08 Å². The molecule has 7 nitrogen and oxygen atoms in total. The second-order valence-electron chi connectivity index (χ2n) is 7.50. The van der Waals surface area contributed by atoms with E-state index in [0.29, 0.717) is 20.2 Å². The van der Waals surface area contributed by atoms with Gasteiger partial charge in [0.05, 0.1) is 15.7 Å². The molecule has 0 bridgehead atoms. The average Bonchev–Trinajstić information content (AvgIpc) is 2.79. The van der Waals surface area contributed by atoms with Gasteiger partial charge in [0.2, 0.25) is 0 Å². The molecule has 1 aliphatic rings. The molecule has 0 radical (unpaired) electrons. The van der Waals surface area contributed by atoms with Gasteiger partial charge in [-0.05, 0) is 83.0 Å². The molecule has 176 valence electrons. The van der Waals surface area contributed by atoms with E-state index in [1.807, 2.05) is 13.0 Å². The number of barbiturate groups is 1. The number of nitrogens with zero attached hydrogens (tertiary/aromatic N) is 1. The normalized spacial score (nSPS) is 14.8. The first-order chi connectivity index (χ1) is 16.6. The first kappa shape index (κ1) is 25.0. The highest BCUT2D eigenvalue weighted by atomic mass is 79.9. The van der Waals surface area contributed by atoms with Crippen molar-refractivity contribution in [2.75, 3.05) is 4.90 Å². The van der Waals surface area contributed by atoms with Gasteiger partial charge in [-0.2, -0.15) is 0 Å². The lowest BCUT2D eigenvalue weighted by molar-refractivity contribution is -0.122. The fourth-order valence-corrected chi connectivity index (χ4v) is 4.95. The molecule has 0 aromatic heterocycles. The molecule has 1 aliphatic heterocycles. The van der Waals surface area contributed by atoms with Crippen molar-refractivity contribution in [1.29, 1.82) is 0 Å². The Morgan fingerprint density at radius 2 is 1.66 bits per heavy atom. The summed E-state index contributed by atoms with van der Waals surface area (Å²) >= 11 is 10.1. The minimum atomic E-state index is -0.856. The number of aryl methyl sites for hydroxylation is 1. The Bertz CT molecular complexity index is 1420. The number of benzene rings is 3. The highest BCUT2D eigenvalue weighted by Crippen LogP contribution is 2.36. The number of rotatable bonds is 4. The summed E-state index contributed by atoms with van der Waals surface area (Å²) in [7, 11) is 0. The molecule has 1 fully saturated rings. The molecular formula is C25H15Br3N2O5. The van der Waals surface area contributed by atoms with Gasteiger partial charge in [0.15, 0.2) is 5.75 Å². The summed E-state index contributed by atoms with van der Waals surface area (Å²) in [5.41, 5.74) is 1.45. The van der Waals surface area contributed by atoms with E-state index in [-0.39, 0.29) is 16.9 Å². The van der Waals surface area contributed by atoms with Crippen molar-refractivity contribution in [1.82, 2.24) is 5.32 Å². The summed E-state index contributed by atoms with van der Waals surface area (Å²) in [6, 6.07) is 15.8. The Labute approximate surface area is 225 Å². The largest absolute Gasteiger partial charge is 0.421 e. The Morgan fingerprint density at radius 1 is 0.943 bits per heavy atom. The Hall–Kier alpha value is -3.08. The third-order valence-electron chi connectivity index (χ3n) is 4.97. The number of hydrogen-bond donors (Lipinski definition) is 1. The molecule has 3 aromatic rings. The van der Waals surface area contributed by atoms with Crippen LogP contribution in [-0.4, -0.2) is 23.8 Å². The number of amides is 4. The predicted molar refractivity (Wildman–Crippen MR) is 141 cm³/mol. The van der Waals surface area contributed by atoms with Crippen LogP contribution < -0.4 is 15.0 Å². The molecule has 4 rings (SSSR count). The fourth-order valence-electron chi connectivity index (χ4n) is 3.35. The number of hydrogen-bond acceptors (Lipinski definition) is 5. The average molecular weight is 663 g/mol. The van der Waals surface area contributed by atoms with Gasteiger partial charge >= 0.3 is 12.0 Å². The van der Waals surface area contributed by atoms with Gasteiger partial charge in [0.25, 0.3) is 11.8 Å². The number of urea groups is 1. The van der Waals surface area contributed by atoms with E-state index < -0.39 is 23.8 Å². The molecule has 3 aromatic carbocycles. The molecule has 0 atom stereocenters. The third kappa shape index (κ3) is 5.44. The highest BCUT2D eigenvalue weighted by molar-refractivity contribution is 9.11. The zero-order valence-electron chi connectivity index (χ0n) is 18.0. The Balaban J connectivity index is 1.75. The van der Waals surface area contributed by atoms with Crippen LogP contribution in [0.5, 0.6) is 5.75 Å². The van der Waals surface area contributed by atoms with Crippen LogP contribution >= 0.6 is 47.8 Å². The van der Waals surface area contributed by atoms with Crippen LogP contribution in [0, 0.1) is 6.92 Å². The number of ether oxygens (including phenoxy) is 1. The van der Waals surface area contributed by atoms with Gasteiger partial charge in [-0.25, -0.2) is 14.5 Å². The zero-order valence-corrected chi connectivity index (χ0v) is 22.7. The Morgan fingerprint density at radius 3 is 2.34 bits per heavy atom. The molecule has 1 saturated heterocycles. The lowest BCUT2D eigenvalue weighted by Crippen LogP contribution is -2.54. The number of esters is 1. The summed E-state index contributed by atoms with van der Waals surface area (Å²) in [5, 5.41) is 2.19. The van der Waals surface area contributed by atoms with Crippen molar-refractivity contribution in [3.8, 4) is 5.75 Å². The van der Waals surface area contributed by atoms with Crippen molar-refractivity contribution < 1.29 is 23.9 Å². The maximum Gasteiger partial charge on any atom is 0.343 e. The van der Waals surface area contributed by atoms with Crippen molar-refractivity contribution in [3.05, 3.63) is 96.3 Å². The van der Waals surface area contributed by atoms with Gasteiger partial charge in [-0.1, -0.05) is 44.0 Å². The maximum atomic E-state index is 13.3. The van der Waals surface area contributed by atoms with Crippen LogP contribution in [0.4, 0.5) is 10.5 Å². The van der Waals surface area contributed by atoms with E-state index in [1.54, 1.807) is 54.6 Å². The molecule has 10 heteroatoms. The summed E-state index contributed by atoms with van der Waals surface area (Å²) < 4.78 is 7.45. The van der Waals surface area contributed by atoms with Crippen molar-refractivity contribution >= 4 is 83.4 Å². The lowest BCUT2D eigenvalue weighted by Gasteiger charge is -2.26. The standard InChI is InChI=1S/C25H15Br3N2O5/c1-13-3-2-4-18(9-13)30-23(32)19(22(31)29-25(30)34)11-15-10-17(27)12-20(28)21(15)35-24(33)14-5-7-16(26)8-6-14/h2-12H,1H3,(H,29,31,34)/b19-11-. The molecule has 4 amide bonds. The molecule has 1 N–H and O–H groups in total. The first-order valence-corrected chi connectivity index (χ1v) is 12.5. The molecule has 0 unspecified atom stereocenters. The van der Waals surface area contributed by atoms with Gasteiger partial charge < -0.3 is 4.74 Å². The minimum Gasteiger partial charge on any atom is -0.421 e. The molecule has 35 heavy (non-hydrogen) atoms. The van der Waals surface area contributed by atoms with Crippen molar-refractivity contribution in [2.45, 2.75) is 6.92 Å². The highest BCUT2D eigenvalue weighted by Gasteiger charge is 2.37. The second-order valence-corrected chi connectivity index (χ2v) is 10.2. The second kappa shape index (κ2) is 10.3. The SMILES string of the molecule is Cc1cccc(N2C(=O)NC(=O)/C(=C/c3cc(Br)cc(Br)c3OC(=O)c3ccc(Br)cc3)C2=O)c1. The number of imide groups is 2. The molecule has 0 saturated carbocycles. The van der Waals surface area contributed by atoms with Crippen molar-refractivity contribution in [2.24, 2.45) is 0 Å². The maximum absolute atomic E-state index is 13.3. The first-order valence-electron chi connectivity index (χ1n) is 10.1. The van der Waals surface area contributed by atoms with Gasteiger partial charge in [0.1, 0.15) is 5.57 Å². The number of carbonyl (C=O) groups is 4. The Kier molecular flexibility index (Phi) is 7.34. The van der Waals surface area contributed by atoms with Crippen LogP contribution in [0.25, 0.3) is 6.08 Å². The van der Waals surface area contributed by atoms with Crippen LogP contribution in [0.15, 0.2) is 79.7 Å². The van der Waals surface area contributed by atoms with Gasteiger partial charge in [-0.3, -0.25) is 14.9 Å². The van der Waals surface area contributed by atoms with Crippen LogP contribution in [0.3, 0.4) is 0 Å². The minimum absolute atomic E-state index is 0.105. The van der Waals surface area contributed by atoms with Crippen LogP contribution in [0.1, 0.15) is 21.5 Å². The summed E-state index contributed by atoms with van der Waals surface area (Å²) in [5.74, 6) is -2.18. The number of carbonyl (C=O) groups excluding carboxylic acids is 4.